The van der Waals surface area contributed by atoms with Crippen LogP contribution < -0.4 is 17.1 Å². The molecule has 0 amide bonds. The maximum Gasteiger partial charge on any atom is 0.380 e. The van der Waals surface area contributed by atoms with Crippen LogP contribution in [0.25, 0.3) is 0 Å². The minimum atomic E-state index is -1.53. The first kappa shape index (κ1) is 7.73. The standard InChI is InChI=1S/C3HClFN3O3/c4-7-1(9)6-2(10)8(5)3(7)11/h(H,6,9,10). The van der Waals surface area contributed by atoms with Crippen LogP contribution in [0.15, 0.2) is 14.4 Å². The van der Waals surface area contributed by atoms with Crippen molar-refractivity contribution in [2.75, 3.05) is 0 Å². The Bertz CT molecular complexity index is 405. The van der Waals surface area contributed by atoms with Gasteiger partial charge in [0.15, 0.2) is 0 Å². The highest BCUT2D eigenvalue weighted by Gasteiger charge is 2.05. The molecule has 1 aromatic rings. The Morgan fingerprint density at radius 2 is 1.82 bits per heavy atom. The molecule has 0 saturated heterocycles. The van der Waals surface area contributed by atoms with Crippen molar-refractivity contribution in [1.29, 1.82) is 0 Å². The second kappa shape index (κ2) is 2.35. The van der Waals surface area contributed by atoms with Crippen LogP contribution in [0.5, 0.6) is 0 Å². The monoisotopic (exact) mass is 181 g/mol. The first-order valence-corrected chi connectivity index (χ1v) is 2.68. The lowest BCUT2D eigenvalue weighted by Gasteiger charge is -1.90. The molecule has 0 spiro atoms. The lowest BCUT2D eigenvalue weighted by molar-refractivity contribution is 0.315. The van der Waals surface area contributed by atoms with Gasteiger partial charge in [-0.2, -0.15) is 0 Å². The molecule has 0 saturated carbocycles. The van der Waals surface area contributed by atoms with E-state index in [-0.39, 0.29) is 4.09 Å². The molecule has 0 aliphatic carbocycles. The van der Waals surface area contributed by atoms with E-state index in [0.29, 0.717) is 0 Å². The number of aromatic nitrogens is 3. The molecule has 11 heavy (non-hydrogen) atoms. The summed E-state index contributed by atoms with van der Waals surface area (Å²) >= 11 is 4.92. The van der Waals surface area contributed by atoms with Crippen molar-refractivity contribution in [2.24, 2.45) is 0 Å². The average Bonchev–Trinajstić information content (AvgIpc) is 1.97. The number of aromatic amines is 1. The van der Waals surface area contributed by atoms with Gasteiger partial charge < -0.3 is 0 Å². The quantitative estimate of drug-likeness (QED) is 0.526. The number of halogens is 2. The molecule has 0 aromatic carbocycles. The Morgan fingerprint density at radius 1 is 1.27 bits per heavy atom. The van der Waals surface area contributed by atoms with Crippen LogP contribution in [0.2, 0.25) is 0 Å². The van der Waals surface area contributed by atoms with Gasteiger partial charge in [0.1, 0.15) is 0 Å². The molecule has 1 rings (SSSR count). The van der Waals surface area contributed by atoms with Crippen molar-refractivity contribution in [1.82, 2.24) is 13.9 Å². The highest BCUT2D eigenvalue weighted by Crippen LogP contribution is 1.68. The van der Waals surface area contributed by atoms with E-state index in [4.69, 9.17) is 11.8 Å². The number of hydrogen-bond donors (Lipinski definition) is 1. The summed E-state index contributed by atoms with van der Waals surface area (Å²) in [6, 6.07) is 0. The summed E-state index contributed by atoms with van der Waals surface area (Å²) in [6.07, 6.45) is 0. The molecule has 0 atom stereocenters. The number of rotatable bonds is 0. The lowest BCUT2D eigenvalue weighted by Crippen LogP contribution is -2.43. The highest BCUT2D eigenvalue weighted by molar-refractivity contribution is 6.14. The first-order chi connectivity index (χ1) is 5.04. The zero-order valence-electron chi connectivity index (χ0n) is 4.88. The molecule has 0 fully saturated rings. The van der Waals surface area contributed by atoms with Crippen LogP contribution in [0.3, 0.4) is 0 Å². The van der Waals surface area contributed by atoms with Crippen LogP contribution in [0, 0.1) is 0 Å². The molecule has 0 aliphatic heterocycles. The number of nitrogens with one attached hydrogen (secondary N) is 1. The van der Waals surface area contributed by atoms with E-state index in [9.17, 15) is 18.9 Å². The zero-order valence-corrected chi connectivity index (χ0v) is 5.63. The summed E-state index contributed by atoms with van der Waals surface area (Å²) in [7, 11) is 0. The average molecular weight is 182 g/mol. The van der Waals surface area contributed by atoms with E-state index in [1.165, 1.54) is 4.98 Å². The van der Waals surface area contributed by atoms with Gasteiger partial charge in [-0.25, -0.2) is 14.4 Å². The molecule has 1 aromatic heterocycles. The van der Waals surface area contributed by atoms with Gasteiger partial charge in [0, 0.05) is 11.8 Å². The maximum absolute atomic E-state index is 12.2. The molecule has 0 aliphatic rings. The van der Waals surface area contributed by atoms with Crippen LogP contribution in [-0.2, 0) is 0 Å². The van der Waals surface area contributed by atoms with Gasteiger partial charge in [-0.3, -0.25) is 4.98 Å². The predicted octanol–water partition coefficient (Wildman–Crippen LogP) is -1.57. The second-order valence-electron chi connectivity index (χ2n) is 1.58. The van der Waals surface area contributed by atoms with Crippen molar-refractivity contribution >= 4 is 11.8 Å². The summed E-state index contributed by atoms with van der Waals surface area (Å²) in [6.45, 7) is 0. The molecule has 60 valence electrons. The smallest absolute Gasteiger partial charge is 0.256 e. The van der Waals surface area contributed by atoms with Crippen molar-refractivity contribution in [2.45, 2.75) is 0 Å². The molecule has 1 heterocycles. The van der Waals surface area contributed by atoms with Crippen molar-refractivity contribution in [3.63, 3.8) is 0 Å². The van der Waals surface area contributed by atoms with Crippen molar-refractivity contribution in [3.05, 3.63) is 31.5 Å². The Hall–Kier alpha value is -1.37. The third-order valence-corrected chi connectivity index (χ3v) is 1.20. The SMILES string of the molecule is O=c1[nH]c(=O)n(Cl)c(=O)n1F. The third kappa shape index (κ3) is 1.09. The topological polar surface area (TPSA) is 76.9 Å². The molecule has 8 heteroatoms. The molecule has 0 radical (unpaired) electrons. The Labute approximate surface area is 62.5 Å². The first-order valence-electron chi connectivity index (χ1n) is 2.34. The van der Waals surface area contributed by atoms with E-state index >= 15 is 0 Å². The van der Waals surface area contributed by atoms with E-state index in [0.717, 1.165) is 0 Å². The van der Waals surface area contributed by atoms with Gasteiger partial charge >= 0.3 is 17.1 Å². The Morgan fingerprint density at radius 3 is 2.36 bits per heavy atom. The van der Waals surface area contributed by atoms with Gasteiger partial charge in [0.25, 0.3) is 0 Å². The summed E-state index contributed by atoms with van der Waals surface area (Å²) in [4.78, 5) is 31.7. The van der Waals surface area contributed by atoms with Gasteiger partial charge in [-0.15, -0.1) is 4.09 Å². The van der Waals surface area contributed by atoms with Gasteiger partial charge in [-0.1, -0.05) is 9.27 Å². The van der Waals surface area contributed by atoms with E-state index in [2.05, 4.69) is 0 Å². The van der Waals surface area contributed by atoms with Crippen LogP contribution in [0.1, 0.15) is 0 Å². The number of H-pyrrole nitrogens is 1. The summed E-state index contributed by atoms with van der Waals surface area (Å²) < 4.78 is 12.1. The van der Waals surface area contributed by atoms with Crippen molar-refractivity contribution < 1.29 is 4.48 Å². The molecule has 1 N–H and O–H groups in total. The highest BCUT2D eigenvalue weighted by atomic mass is 35.5. The Kier molecular flexibility index (Phi) is 1.65. The van der Waals surface area contributed by atoms with E-state index < -0.39 is 21.9 Å². The summed E-state index contributed by atoms with van der Waals surface area (Å²) in [5, 5.41) is 0. The van der Waals surface area contributed by atoms with E-state index in [1.807, 2.05) is 0 Å². The van der Waals surface area contributed by atoms with Gasteiger partial charge in [-0.05, 0) is 0 Å². The zero-order chi connectivity index (χ0) is 8.59. The lowest BCUT2D eigenvalue weighted by atomic mass is 11.0. The number of hydrogen-bond acceptors (Lipinski definition) is 3. The van der Waals surface area contributed by atoms with Crippen LogP contribution in [-0.4, -0.2) is 13.9 Å². The fourth-order valence-corrected chi connectivity index (χ4v) is 0.549. The van der Waals surface area contributed by atoms with Gasteiger partial charge in [0.2, 0.25) is 0 Å². The van der Waals surface area contributed by atoms with Crippen LogP contribution >= 0.6 is 11.8 Å². The molecule has 0 unspecified atom stereocenters. The molecular weight excluding hydrogens is 181 g/mol. The minimum absolute atomic E-state index is 0.0819. The fourth-order valence-electron chi connectivity index (χ4n) is 0.440. The number of nitrogens with zero attached hydrogens (tertiary/aromatic N) is 2. The van der Waals surface area contributed by atoms with E-state index in [1.54, 1.807) is 0 Å². The predicted molar refractivity (Wildman–Crippen MR) is 33.3 cm³/mol. The Balaban J connectivity index is 3.89. The van der Waals surface area contributed by atoms with Gasteiger partial charge in [0.05, 0.1) is 0 Å². The molecular formula is C3HClFN3O3. The van der Waals surface area contributed by atoms with Crippen molar-refractivity contribution in [3.8, 4) is 0 Å². The fraction of sp³-hybridized carbons (Fsp3) is 0. The molecule has 6 nitrogen and oxygen atoms in total. The second-order valence-corrected chi connectivity index (χ2v) is 1.92. The summed E-state index contributed by atoms with van der Waals surface area (Å²) in [5.41, 5.74) is -4.15. The minimum Gasteiger partial charge on any atom is -0.256 e. The summed E-state index contributed by atoms with van der Waals surface area (Å²) in [5.74, 6) is 0. The maximum atomic E-state index is 12.2. The largest absolute Gasteiger partial charge is 0.380 e. The van der Waals surface area contributed by atoms with Crippen LogP contribution in [0.4, 0.5) is 4.48 Å². The normalized spacial score (nSPS) is 10.0. The third-order valence-electron chi connectivity index (χ3n) is 0.906. The molecule has 0 bridgehead atoms.